The second-order valence-electron chi connectivity index (χ2n) is 3.05. The fraction of sp³-hybridized carbons (Fsp3) is 0.400. The van der Waals surface area contributed by atoms with E-state index in [9.17, 15) is 0 Å². The predicted octanol–water partition coefficient (Wildman–Crippen LogP) is 3.00. The van der Waals surface area contributed by atoms with Crippen molar-refractivity contribution >= 4 is 34.2 Å². The van der Waals surface area contributed by atoms with E-state index in [1.54, 1.807) is 7.11 Å². The summed E-state index contributed by atoms with van der Waals surface area (Å²) in [5, 5.41) is 0.610. The summed E-state index contributed by atoms with van der Waals surface area (Å²) in [5.41, 5.74) is 0.781. The summed E-state index contributed by atoms with van der Waals surface area (Å²) >= 11 is 8.31. The highest BCUT2D eigenvalue weighted by atomic mass is 127. The second kappa shape index (κ2) is 4.86. The van der Waals surface area contributed by atoms with E-state index in [2.05, 4.69) is 22.6 Å². The molecular formula is C10H10ClIO3. The van der Waals surface area contributed by atoms with Crippen LogP contribution in [0.2, 0.25) is 5.02 Å². The van der Waals surface area contributed by atoms with E-state index in [1.807, 2.05) is 12.1 Å². The SMILES string of the molecule is COc1c(I)ccc(Cl)c1C1OCCO1. The van der Waals surface area contributed by atoms with Crippen LogP contribution >= 0.6 is 34.2 Å². The third-order valence-electron chi connectivity index (χ3n) is 2.16. The molecule has 0 spiro atoms. The number of rotatable bonds is 2. The van der Waals surface area contributed by atoms with Gasteiger partial charge in [-0.15, -0.1) is 0 Å². The van der Waals surface area contributed by atoms with E-state index in [0.29, 0.717) is 18.2 Å². The summed E-state index contributed by atoms with van der Waals surface area (Å²) in [7, 11) is 1.62. The minimum atomic E-state index is -0.401. The Hall–Kier alpha value is -0.0400. The van der Waals surface area contributed by atoms with Gasteiger partial charge in [-0.05, 0) is 34.7 Å². The fourth-order valence-electron chi connectivity index (χ4n) is 1.50. The van der Waals surface area contributed by atoms with E-state index < -0.39 is 6.29 Å². The molecule has 1 aromatic rings. The van der Waals surface area contributed by atoms with Crippen molar-refractivity contribution in [3.63, 3.8) is 0 Å². The highest BCUT2D eigenvalue weighted by molar-refractivity contribution is 14.1. The summed E-state index contributed by atoms with van der Waals surface area (Å²) in [6.45, 7) is 1.19. The maximum absolute atomic E-state index is 6.12. The molecule has 1 heterocycles. The Balaban J connectivity index is 2.46. The van der Waals surface area contributed by atoms with Gasteiger partial charge in [0, 0.05) is 0 Å². The molecule has 0 bridgehead atoms. The van der Waals surface area contributed by atoms with Crippen LogP contribution in [0.1, 0.15) is 11.9 Å². The first-order chi connectivity index (χ1) is 7.24. The molecule has 5 heteroatoms. The van der Waals surface area contributed by atoms with Crippen molar-refractivity contribution in [3.05, 3.63) is 26.3 Å². The van der Waals surface area contributed by atoms with E-state index in [1.165, 1.54) is 0 Å². The van der Waals surface area contributed by atoms with Gasteiger partial charge in [-0.1, -0.05) is 11.6 Å². The van der Waals surface area contributed by atoms with Crippen LogP contribution in [0.3, 0.4) is 0 Å². The highest BCUT2D eigenvalue weighted by Crippen LogP contribution is 2.39. The van der Waals surface area contributed by atoms with Crippen LogP contribution in [-0.2, 0) is 9.47 Å². The molecule has 0 aliphatic carbocycles. The Morgan fingerprint density at radius 3 is 2.67 bits per heavy atom. The first-order valence-electron chi connectivity index (χ1n) is 4.49. The summed E-state index contributed by atoms with van der Waals surface area (Å²) in [5.74, 6) is 0.731. The molecule has 0 unspecified atom stereocenters. The lowest BCUT2D eigenvalue weighted by atomic mass is 10.2. The fourth-order valence-corrected chi connectivity index (χ4v) is 2.43. The van der Waals surface area contributed by atoms with Crippen LogP contribution in [0.5, 0.6) is 5.75 Å². The molecule has 1 fully saturated rings. The Morgan fingerprint density at radius 1 is 1.40 bits per heavy atom. The molecule has 82 valence electrons. The van der Waals surface area contributed by atoms with E-state index >= 15 is 0 Å². The van der Waals surface area contributed by atoms with Gasteiger partial charge in [0.25, 0.3) is 0 Å². The van der Waals surface area contributed by atoms with E-state index in [4.69, 9.17) is 25.8 Å². The van der Waals surface area contributed by atoms with Crippen molar-refractivity contribution in [1.82, 2.24) is 0 Å². The van der Waals surface area contributed by atoms with Gasteiger partial charge < -0.3 is 14.2 Å². The van der Waals surface area contributed by atoms with Crippen LogP contribution in [0.15, 0.2) is 12.1 Å². The highest BCUT2D eigenvalue weighted by Gasteiger charge is 2.26. The zero-order chi connectivity index (χ0) is 10.8. The number of hydrogen-bond acceptors (Lipinski definition) is 3. The van der Waals surface area contributed by atoms with Crippen molar-refractivity contribution in [2.24, 2.45) is 0 Å². The van der Waals surface area contributed by atoms with Crippen LogP contribution in [0.4, 0.5) is 0 Å². The largest absolute Gasteiger partial charge is 0.495 e. The Morgan fingerprint density at radius 2 is 2.07 bits per heavy atom. The molecule has 0 radical (unpaired) electrons. The molecule has 3 nitrogen and oxygen atoms in total. The standard InChI is InChI=1S/C10H10ClIO3/c1-13-9-7(12)3-2-6(11)8(9)10-14-4-5-15-10/h2-3,10H,4-5H2,1H3. The number of methoxy groups -OCH3 is 1. The normalized spacial score (nSPS) is 17.0. The number of hydrogen-bond donors (Lipinski definition) is 0. The number of benzene rings is 1. The van der Waals surface area contributed by atoms with Crippen LogP contribution < -0.4 is 4.74 Å². The zero-order valence-corrected chi connectivity index (χ0v) is 11.0. The summed E-state index contributed by atoms with van der Waals surface area (Å²) < 4.78 is 17.2. The van der Waals surface area contributed by atoms with Gasteiger partial charge >= 0.3 is 0 Å². The first kappa shape index (κ1) is 11.4. The predicted molar refractivity (Wildman–Crippen MR) is 65.4 cm³/mol. The monoisotopic (exact) mass is 340 g/mol. The van der Waals surface area contributed by atoms with E-state index in [-0.39, 0.29) is 0 Å². The van der Waals surface area contributed by atoms with Gasteiger partial charge in [0.15, 0.2) is 6.29 Å². The van der Waals surface area contributed by atoms with Crippen molar-refractivity contribution in [2.75, 3.05) is 20.3 Å². The number of halogens is 2. The molecule has 15 heavy (non-hydrogen) atoms. The van der Waals surface area contributed by atoms with Crippen molar-refractivity contribution in [3.8, 4) is 5.75 Å². The smallest absolute Gasteiger partial charge is 0.189 e. The molecule has 0 atom stereocenters. The van der Waals surface area contributed by atoms with Gasteiger partial charge in [-0.3, -0.25) is 0 Å². The Labute approximate surface area is 107 Å². The molecule has 0 N–H and O–H groups in total. The Kier molecular flexibility index (Phi) is 3.71. The lowest BCUT2D eigenvalue weighted by Gasteiger charge is -2.16. The molecule has 0 aromatic heterocycles. The topological polar surface area (TPSA) is 27.7 Å². The van der Waals surface area contributed by atoms with Gasteiger partial charge in [0.2, 0.25) is 0 Å². The van der Waals surface area contributed by atoms with Gasteiger partial charge in [0.05, 0.1) is 34.5 Å². The van der Waals surface area contributed by atoms with Crippen molar-refractivity contribution in [1.29, 1.82) is 0 Å². The third-order valence-corrected chi connectivity index (χ3v) is 3.34. The van der Waals surface area contributed by atoms with Gasteiger partial charge in [0.1, 0.15) is 5.75 Å². The van der Waals surface area contributed by atoms with Crippen molar-refractivity contribution in [2.45, 2.75) is 6.29 Å². The molecular weight excluding hydrogens is 330 g/mol. The molecule has 1 aliphatic heterocycles. The van der Waals surface area contributed by atoms with E-state index in [0.717, 1.165) is 14.9 Å². The molecule has 0 saturated carbocycles. The van der Waals surface area contributed by atoms with Gasteiger partial charge in [-0.25, -0.2) is 0 Å². The molecule has 0 amide bonds. The molecule has 1 aromatic carbocycles. The lowest BCUT2D eigenvalue weighted by Crippen LogP contribution is -2.03. The summed E-state index contributed by atoms with van der Waals surface area (Å²) in [6.07, 6.45) is -0.401. The van der Waals surface area contributed by atoms with Gasteiger partial charge in [-0.2, -0.15) is 0 Å². The maximum Gasteiger partial charge on any atom is 0.189 e. The average molecular weight is 341 g/mol. The van der Waals surface area contributed by atoms with Crippen LogP contribution in [0.25, 0.3) is 0 Å². The number of ether oxygens (including phenoxy) is 3. The maximum atomic E-state index is 6.12. The molecule has 1 saturated heterocycles. The summed E-state index contributed by atoms with van der Waals surface area (Å²) in [4.78, 5) is 0. The third kappa shape index (κ3) is 2.22. The zero-order valence-electron chi connectivity index (χ0n) is 8.13. The minimum Gasteiger partial charge on any atom is -0.495 e. The minimum absolute atomic E-state index is 0.401. The summed E-state index contributed by atoms with van der Waals surface area (Å²) in [6, 6.07) is 3.73. The quantitative estimate of drug-likeness (QED) is 0.775. The Bertz CT molecular complexity index is 364. The lowest BCUT2D eigenvalue weighted by molar-refractivity contribution is -0.0454. The van der Waals surface area contributed by atoms with Crippen LogP contribution in [0, 0.1) is 3.57 Å². The molecule has 1 aliphatic rings. The van der Waals surface area contributed by atoms with Crippen LogP contribution in [-0.4, -0.2) is 20.3 Å². The first-order valence-corrected chi connectivity index (χ1v) is 5.95. The average Bonchev–Trinajstić information content (AvgIpc) is 2.74. The molecule has 2 rings (SSSR count). The second-order valence-corrected chi connectivity index (χ2v) is 4.62. The van der Waals surface area contributed by atoms with Crippen molar-refractivity contribution < 1.29 is 14.2 Å².